The van der Waals surface area contributed by atoms with Crippen LogP contribution >= 0.6 is 38.1 Å². The molecule has 75 heavy (non-hydrogen) atoms. The molecule has 4 aromatic rings. The van der Waals surface area contributed by atoms with Crippen molar-refractivity contribution in [1.82, 2.24) is 49.4 Å². The van der Waals surface area contributed by atoms with Crippen LogP contribution in [-0.2, 0) is 84.4 Å². The number of rotatable bonds is 22. The van der Waals surface area contributed by atoms with E-state index in [2.05, 4.69) is 59.7 Å². The fourth-order valence-electron chi connectivity index (χ4n) is 7.94. The molecule has 4 aliphatic rings. The molecule has 3 amide bonds. The van der Waals surface area contributed by atoms with E-state index >= 15 is 0 Å². The van der Waals surface area contributed by atoms with Crippen LogP contribution in [0, 0.1) is 0 Å². The van der Waals surface area contributed by atoms with E-state index < -0.39 is 111 Å². The van der Waals surface area contributed by atoms with Gasteiger partial charge in [0.05, 0.1) is 98.4 Å². The molecule has 412 valence electrons. The minimum absolute atomic E-state index is 0.00753. The number of thiol groups is 2. The number of fused-ring (bicyclic) bond motifs is 4. The monoisotopic (exact) mass is 1140 g/mol. The maximum atomic E-state index is 14.1. The van der Waals surface area contributed by atoms with Crippen molar-refractivity contribution in [2.24, 2.45) is 0 Å². The molecule has 10 atom stereocenters. The SMILES string of the molecule is Nc1nc2c(ncn2C2OC3COP(=O)(S)OC4C(COP(=O)(S)OC3C2O)OC(n2cnc3c(=O)[nH]c(N)nc32)C4NC(=O)CCOCCOCCOCCOCCOCCC(=O)ON2C(=O)CCC2=O)c(=O)[nH]1. The van der Waals surface area contributed by atoms with Gasteiger partial charge in [0.1, 0.15) is 36.6 Å². The Labute approximate surface area is 432 Å². The van der Waals surface area contributed by atoms with Crippen molar-refractivity contribution in [3.05, 3.63) is 33.4 Å². The number of anilines is 2. The molecule has 0 aromatic carbocycles. The first-order valence-corrected chi connectivity index (χ1v) is 28.3. The fourth-order valence-corrected chi connectivity index (χ4v) is 10.9. The number of nitrogen functional groups attached to an aromatic ring is 2. The van der Waals surface area contributed by atoms with Crippen LogP contribution in [0.2, 0.25) is 0 Å². The first kappa shape index (κ1) is 56.3. The maximum absolute atomic E-state index is 14.1. The number of ether oxygens (including phenoxy) is 7. The number of aliphatic hydroxyl groups excluding tert-OH is 1. The Bertz CT molecular complexity index is 2910. The van der Waals surface area contributed by atoms with Crippen LogP contribution in [0.15, 0.2) is 22.2 Å². The minimum Gasteiger partial charge on any atom is -0.386 e. The summed E-state index contributed by atoms with van der Waals surface area (Å²) in [7, 11) is 0. The molecule has 0 bridgehead atoms. The number of carbonyl (C=O) groups excluding carboxylic acids is 4. The number of aromatic amines is 2. The number of nitrogens with zero attached hydrogens (tertiary/aromatic N) is 7. The summed E-state index contributed by atoms with van der Waals surface area (Å²) in [5.41, 5.74) is 9.79. The number of aliphatic hydroxyl groups is 1. The average molecular weight is 1140 g/mol. The number of hydroxylamine groups is 2. The van der Waals surface area contributed by atoms with Gasteiger partial charge >= 0.3 is 19.6 Å². The number of hydrogen-bond acceptors (Lipinski definition) is 27. The molecule has 0 aliphatic carbocycles. The summed E-state index contributed by atoms with van der Waals surface area (Å²) >= 11 is 8.36. The number of imidazole rings is 2. The van der Waals surface area contributed by atoms with Crippen LogP contribution < -0.4 is 27.9 Å². The van der Waals surface area contributed by atoms with Crippen LogP contribution in [0.5, 0.6) is 0 Å². The molecule has 0 saturated carbocycles. The number of nitrogens with one attached hydrogen (secondary N) is 3. The van der Waals surface area contributed by atoms with Gasteiger partial charge < -0.3 is 59.9 Å². The minimum atomic E-state index is -4.54. The van der Waals surface area contributed by atoms with Crippen LogP contribution in [-0.4, -0.2) is 189 Å². The van der Waals surface area contributed by atoms with E-state index in [9.17, 15) is 43.0 Å². The molecule has 33 nitrogen and oxygen atoms in total. The van der Waals surface area contributed by atoms with Crippen molar-refractivity contribution in [2.75, 3.05) is 90.7 Å². The van der Waals surface area contributed by atoms with Gasteiger partial charge in [0.15, 0.2) is 34.8 Å². The summed E-state index contributed by atoms with van der Waals surface area (Å²) in [4.78, 5) is 99.5. The molecule has 8 N–H and O–H groups in total. The zero-order valence-corrected chi connectivity index (χ0v) is 42.9. The maximum Gasteiger partial charge on any atom is 0.386 e. The van der Waals surface area contributed by atoms with Crippen LogP contribution in [0.3, 0.4) is 0 Å². The number of carbonyl (C=O) groups is 4. The third-order valence-electron chi connectivity index (χ3n) is 11.4. The van der Waals surface area contributed by atoms with Crippen molar-refractivity contribution in [3.63, 3.8) is 0 Å². The number of amides is 3. The zero-order chi connectivity index (χ0) is 53.4. The molecule has 8 heterocycles. The lowest BCUT2D eigenvalue weighted by Crippen LogP contribution is -2.48. The highest BCUT2D eigenvalue weighted by Crippen LogP contribution is 2.60. The smallest absolute Gasteiger partial charge is 0.386 e. The Balaban J connectivity index is 0.812. The molecule has 4 aliphatic heterocycles. The van der Waals surface area contributed by atoms with Crippen LogP contribution in [0.1, 0.15) is 38.1 Å². The Morgan fingerprint density at radius 3 is 1.65 bits per heavy atom. The lowest BCUT2D eigenvalue weighted by atomic mass is 10.1. The highest BCUT2D eigenvalue weighted by molar-refractivity contribution is 8.44. The van der Waals surface area contributed by atoms with Gasteiger partial charge in [-0.05, 0) is 0 Å². The lowest BCUT2D eigenvalue weighted by Gasteiger charge is -2.30. The van der Waals surface area contributed by atoms with Gasteiger partial charge in [-0.15, -0.1) is 5.06 Å². The molecule has 4 fully saturated rings. The van der Waals surface area contributed by atoms with Crippen molar-refractivity contribution in [1.29, 1.82) is 0 Å². The number of hydrogen-bond donors (Lipinski definition) is 8. The quantitative estimate of drug-likeness (QED) is 0.0191. The molecule has 4 aromatic heterocycles. The third-order valence-corrected chi connectivity index (χ3v) is 14.6. The second kappa shape index (κ2) is 25.0. The lowest BCUT2D eigenvalue weighted by molar-refractivity contribution is -0.198. The van der Waals surface area contributed by atoms with Crippen molar-refractivity contribution in [2.45, 2.75) is 74.7 Å². The predicted molar refractivity (Wildman–Crippen MR) is 256 cm³/mol. The standard InChI is InChI=1S/C38H52N12O21P2S2/c39-37-44-31-26(33(56)46-37)41-17-48(31)35-25(43-21(51)3-5-60-7-9-62-11-13-64-14-12-63-10-8-61-6-4-24(54)69-50-22(52)1-2-23(50)53)29-19(67-35)15-65-73(59,75)71-30-20(16-66-72(58,74)70-29)68-36(28(30)55)49-18-42-27-32(49)45-38(40)47-34(27)57/h17-20,25,28-30,35-36,55H,1-16H2,(H,43,51)(H,58,74)(H,59,75)(H3,39,44,46,56)(H3,40,45,47,57). The topological polar surface area (TPSA) is 428 Å². The Hall–Kier alpha value is -4.94. The highest BCUT2D eigenvalue weighted by Gasteiger charge is 2.54. The van der Waals surface area contributed by atoms with E-state index in [1.165, 1.54) is 15.5 Å². The first-order chi connectivity index (χ1) is 35.9. The van der Waals surface area contributed by atoms with Gasteiger partial charge in [0.25, 0.3) is 22.9 Å². The van der Waals surface area contributed by atoms with Gasteiger partial charge in [0, 0.05) is 19.3 Å². The van der Waals surface area contributed by atoms with E-state index in [4.69, 9.17) is 67.6 Å². The second-order valence-corrected chi connectivity index (χ2v) is 22.3. The van der Waals surface area contributed by atoms with E-state index in [-0.39, 0.29) is 126 Å². The third kappa shape index (κ3) is 14.2. The van der Waals surface area contributed by atoms with Crippen LogP contribution in [0.4, 0.5) is 11.9 Å². The molecular formula is C38H52N12O21P2S2. The van der Waals surface area contributed by atoms with Crippen molar-refractivity contribution in [3.8, 4) is 0 Å². The number of H-pyrrole nitrogens is 2. The van der Waals surface area contributed by atoms with Gasteiger partial charge in [-0.25, -0.2) is 23.9 Å². The average Bonchev–Trinajstić information content (AvgIpc) is 4.19. The number of nitrogens with two attached hydrogens (primary N) is 2. The predicted octanol–water partition coefficient (Wildman–Crippen LogP) is -1.58. The van der Waals surface area contributed by atoms with E-state index in [1.54, 1.807) is 0 Å². The summed E-state index contributed by atoms with van der Waals surface area (Å²) in [5, 5.41) is 14.8. The molecule has 37 heteroatoms. The summed E-state index contributed by atoms with van der Waals surface area (Å²) in [5.74, 6) is -3.04. The van der Waals surface area contributed by atoms with Gasteiger partial charge in [0.2, 0.25) is 17.8 Å². The Kier molecular flexibility index (Phi) is 18.8. The second-order valence-electron chi connectivity index (χ2n) is 16.5. The summed E-state index contributed by atoms with van der Waals surface area (Å²) < 4.78 is 93.3. The molecular weight excluding hydrogens is 1090 g/mol. The highest BCUT2D eigenvalue weighted by atomic mass is 32.7. The number of aromatic nitrogens is 8. The number of imide groups is 1. The molecule has 0 radical (unpaired) electrons. The largest absolute Gasteiger partial charge is 0.386 e. The Morgan fingerprint density at radius 1 is 0.693 bits per heavy atom. The van der Waals surface area contributed by atoms with Crippen molar-refractivity contribution >= 4 is 96.0 Å². The van der Waals surface area contributed by atoms with Crippen LogP contribution in [0.25, 0.3) is 22.3 Å². The Morgan fingerprint density at radius 2 is 1.13 bits per heavy atom. The van der Waals surface area contributed by atoms with E-state index in [1.807, 2.05) is 0 Å². The van der Waals surface area contributed by atoms with Gasteiger partial charge in [-0.3, -0.25) is 61.2 Å². The zero-order valence-electron chi connectivity index (χ0n) is 39.3. The summed E-state index contributed by atoms with van der Waals surface area (Å²) in [6.45, 7) is -8.81. The van der Waals surface area contributed by atoms with E-state index in [0.717, 1.165) is 6.33 Å². The molecule has 8 rings (SSSR count). The summed E-state index contributed by atoms with van der Waals surface area (Å²) in [6.07, 6.45) is -8.28. The van der Waals surface area contributed by atoms with Gasteiger partial charge in [-0.1, -0.05) is 24.5 Å². The molecule has 0 spiro atoms. The fraction of sp³-hybridized carbons (Fsp3) is 0.632. The molecule has 10 unspecified atom stereocenters. The van der Waals surface area contributed by atoms with E-state index in [0.29, 0.717) is 5.06 Å². The molecule has 4 saturated heterocycles. The van der Waals surface area contributed by atoms with Gasteiger partial charge in [-0.2, -0.15) is 9.97 Å². The normalized spacial score (nSPS) is 28.3. The first-order valence-electron chi connectivity index (χ1n) is 22.9. The summed E-state index contributed by atoms with van der Waals surface area (Å²) in [6, 6.07) is -1.33. The van der Waals surface area contributed by atoms with Crippen molar-refractivity contribution < 1.29 is 89.5 Å².